The zero-order chi connectivity index (χ0) is 17.9. The first-order valence-corrected chi connectivity index (χ1v) is 9.98. The third kappa shape index (κ3) is 4.33. The van der Waals surface area contributed by atoms with Crippen molar-refractivity contribution in [3.05, 3.63) is 47.8 Å². The summed E-state index contributed by atoms with van der Waals surface area (Å²) in [4.78, 5) is 20.7. The molecule has 2 aromatic rings. The van der Waals surface area contributed by atoms with E-state index in [2.05, 4.69) is 20.6 Å². The summed E-state index contributed by atoms with van der Waals surface area (Å²) >= 11 is 0. The van der Waals surface area contributed by atoms with Crippen LogP contribution in [0.4, 0.5) is 11.6 Å². The Kier molecular flexibility index (Phi) is 4.98. The molecule has 8 heteroatoms. The van der Waals surface area contributed by atoms with E-state index in [0.29, 0.717) is 6.42 Å². The van der Waals surface area contributed by atoms with E-state index in [4.69, 9.17) is 0 Å². The van der Waals surface area contributed by atoms with Gasteiger partial charge in [0.1, 0.15) is 5.69 Å². The quantitative estimate of drug-likeness (QED) is 0.844. The highest BCUT2D eigenvalue weighted by Gasteiger charge is 2.28. The standard InChI is InChI=1S/C17H20N4O3S/c1-2-12-5-3-4-6-14(12)20-16(22)15-7-9-18-17(21-15)19-13-8-10-25(23,24)11-13/h3-7,9,13H,2,8,10-11H2,1H3,(H,20,22)(H,18,19,21). The maximum Gasteiger partial charge on any atom is 0.274 e. The average molecular weight is 360 g/mol. The molecule has 1 aliphatic rings. The summed E-state index contributed by atoms with van der Waals surface area (Å²) in [5.41, 5.74) is 2.02. The lowest BCUT2D eigenvalue weighted by atomic mass is 10.1. The molecule has 2 heterocycles. The number of carbonyl (C=O) groups excluding carboxylic acids is 1. The van der Waals surface area contributed by atoms with E-state index in [0.717, 1.165) is 17.7 Å². The van der Waals surface area contributed by atoms with Gasteiger partial charge in [-0.15, -0.1) is 0 Å². The molecule has 3 rings (SSSR count). The van der Waals surface area contributed by atoms with Gasteiger partial charge in [0, 0.05) is 17.9 Å². The van der Waals surface area contributed by atoms with Crippen LogP contribution in [0.15, 0.2) is 36.5 Å². The molecule has 132 valence electrons. The average Bonchev–Trinajstić information content (AvgIpc) is 2.94. The molecule has 1 aliphatic heterocycles. The van der Waals surface area contributed by atoms with E-state index in [1.807, 2.05) is 31.2 Å². The van der Waals surface area contributed by atoms with E-state index in [9.17, 15) is 13.2 Å². The zero-order valence-corrected chi connectivity index (χ0v) is 14.7. The fourth-order valence-corrected chi connectivity index (χ4v) is 4.46. The van der Waals surface area contributed by atoms with Crippen molar-refractivity contribution in [2.45, 2.75) is 25.8 Å². The Morgan fingerprint density at radius 1 is 1.28 bits per heavy atom. The van der Waals surface area contributed by atoms with Gasteiger partial charge in [-0.3, -0.25) is 4.79 Å². The third-order valence-electron chi connectivity index (χ3n) is 4.10. The van der Waals surface area contributed by atoms with Crippen LogP contribution >= 0.6 is 0 Å². The molecule has 1 amide bonds. The number of aromatic nitrogens is 2. The number of sulfone groups is 1. The minimum atomic E-state index is -2.99. The summed E-state index contributed by atoms with van der Waals surface area (Å²) in [6, 6.07) is 8.91. The van der Waals surface area contributed by atoms with Crippen molar-refractivity contribution in [3.63, 3.8) is 0 Å². The summed E-state index contributed by atoms with van der Waals surface area (Å²) in [5, 5.41) is 5.86. The molecule has 0 bridgehead atoms. The first-order valence-electron chi connectivity index (χ1n) is 8.16. The zero-order valence-electron chi connectivity index (χ0n) is 13.9. The lowest BCUT2D eigenvalue weighted by Crippen LogP contribution is -2.23. The van der Waals surface area contributed by atoms with Crippen LogP contribution in [-0.2, 0) is 16.3 Å². The van der Waals surface area contributed by atoms with Crippen LogP contribution in [0, 0.1) is 0 Å². The highest BCUT2D eigenvalue weighted by molar-refractivity contribution is 7.91. The Labute approximate surface area is 146 Å². The molecular weight excluding hydrogens is 340 g/mol. The van der Waals surface area contributed by atoms with E-state index in [-0.39, 0.29) is 35.1 Å². The highest BCUT2D eigenvalue weighted by atomic mass is 32.2. The Hall–Kier alpha value is -2.48. The molecule has 0 radical (unpaired) electrons. The Morgan fingerprint density at radius 2 is 2.08 bits per heavy atom. The van der Waals surface area contributed by atoms with Crippen LogP contribution in [0.2, 0.25) is 0 Å². The molecule has 2 N–H and O–H groups in total. The van der Waals surface area contributed by atoms with Gasteiger partial charge in [0.05, 0.1) is 11.5 Å². The van der Waals surface area contributed by atoms with Gasteiger partial charge in [-0.2, -0.15) is 0 Å². The molecule has 7 nitrogen and oxygen atoms in total. The number of nitrogens with one attached hydrogen (secondary N) is 2. The molecule has 1 aromatic heterocycles. The van der Waals surface area contributed by atoms with Crippen molar-refractivity contribution >= 4 is 27.4 Å². The summed E-state index contributed by atoms with van der Waals surface area (Å²) in [5.74, 6) is 0.166. The number of carbonyl (C=O) groups is 1. The van der Waals surface area contributed by atoms with Crippen LogP contribution in [0.1, 0.15) is 29.4 Å². The monoisotopic (exact) mass is 360 g/mol. The van der Waals surface area contributed by atoms with Crippen LogP contribution in [0.25, 0.3) is 0 Å². The minimum absolute atomic E-state index is 0.0661. The molecule has 25 heavy (non-hydrogen) atoms. The summed E-state index contributed by atoms with van der Waals surface area (Å²) in [6.45, 7) is 2.02. The Bertz CT molecular complexity index is 883. The lowest BCUT2D eigenvalue weighted by molar-refractivity contribution is 0.102. The van der Waals surface area contributed by atoms with Crippen molar-refractivity contribution in [3.8, 4) is 0 Å². The van der Waals surface area contributed by atoms with E-state index in [1.165, 1.54) is 12.3 Å². The van der Waals surface area contributed by atoms with Crippen LogP contribution < -0.4 is 10.6 Å². The normalized spacial score (nSPS) is 18.7. The van der Waals surface area contributed by atoms with Gasteiger partial charge >= 0.3 is 0 Å². The van der Waals surface area contributed by atoms with E-state index in [1.54, 1.807) is 0 Å². The van der Waals surface area contributed by atoms with Crippen molar-refractivity contribution in [1.29, 1.82) is 0 Å². The largest absolute Gasteiger partial charge is 0.350 e. The first-order chi connectivity index (χ1) is 12.0. The first kappa shape index (κ1) is 17.3. The maximum absolute atomic E-state index is 12.4. The fraction of sp³-hybridized carbons (Fsp3) is 0.353. The minimum Gasteiger partial charge on any atom is -0.350 e. The summed E-state index contributed by atoms with van der Waals surface area (Å²) in [6.07, 6.45) is 2.81. The van der Waals surface area contributed by atoms with E-state index < -0.39 is 9.84 Å². The molecule has 1 aromatic carbocycles. The van der Waals surface area contributed by atoms with Gasteiger partial charge in [-0.05, 0) is 30.5 Å². The number of hydrogen-bond acceptors (Lipinski definition) is 6. The second kappa shape index (κ2) is 7.18. The maximum atomic E-state index is 12.4. The number of para-hydroxylation sites is 1. The fourth-order valence-electron chi connectivity index (χ4n) is 2.78. The second-order valence-electron chi connectivity index (χ2n) is 5.97. The lowest BCUT2D eigenvalue weighted by Gasteiger charge is -2.12. The molecule has 1 fully saturated rings. The van der Waals surface area contributed by atoms with Crippen molar-refractivity contribution in [2.24, 2.45) is 0 Å². The topological polar surface area (TPSA) is 101 Å². The number of amides is 1. The highest BCUT2D eigenvalue weighted by Crippen LogP contribution is 2.17. The molecular formula is C17H20N4O3S. The molecule has 0 saturated carbocycles. The van der Waals surface area contributed by atoms with Gasteiger partial charge in [0.15, 0.2) is 9.84 Å². The van der Waals surface area contributed by atoms with Crippen molar-refractivity contribution in [2.75, 3.05) is 22.1 Å². The number of anilines is 2. The predicted octanol–water partition coefficient (Wildman–Crippen LogP) is 1.89. The molecule has 0 aliphatic carbocycles. The Balaban J connectivity index is 1.71. The van der Waals surface area contributed by atoms with Crippen molar-refractivity contribution in [1.82, 2.24) is 9.97 Å². The van der Waals surface area contributed by atoms with E-state index >= 15 is 0 Å². The van der Waals surface area contributed by atoms with Gasteiger partial charge < -0.3 is 10.6 Å². The summed E-state index contributed by atoms with van der Waals surface area (Å²) < 4.78 is 23.0. The van der Waals surface area contributed by atoms with Crippen LogP contribution in [0.3, 0.4) is 0 Å². The summed E-state index contributed by atoms with van der Waals surface area (Å²) in [7, 11) is -2.99. The molecule has 1 unspecified atom stereocenters. The number of hydrogen-bond donors (Lipinski definition) is 2. The Morgan fingerprint density at radius 3 is 2.80 bits per heavy atom. The number of rotatable bonds is 5. The van der Waals surface area contributed by atoms with Gasteiger partial charge in [-0.1, -0.05) is 25.1 Å². The van der Waals surface area contributed by atoms with Crippen molar-refractivity contribution < 1.29 is 13.2 Å². The number of nitrogens with zero attached hydrogens (tertiary/aromatic N) is 2. The van der Waals surface area contributed by atoms with Gasteiger partial charge in [-0.25, -0.2) is 18.4 Å². The predicted molar refractivity (Wildman–Crippen MR) is 96.5 cm³/mol. The van der Waals surface area contributed by atoms with Gasteiger partial charge in [0.25, 0.3) is 5.91 Å². The smallest absolute Gasteiger partial charge is 0.274 e. The second-order valence-corrected chi connectivity index (χ2v) is 8.20. The number of aryl methyl sites for hydroxylation is 1. The SMILES string of the molecule is CCc1ccccc1NC(=O)c1ccnc(NC2CCS(=O)(=O)C2)n1. The molecule has 0 spiro atoms. The van der Waals surface area contributed by atoms with Crippen LogP contribution in [0.5, 0.6) is 0 Å². The van der Waals surface area contributed by atoms with Crippen LogP contribution in [-0.4, -0.2) is 41.8 Å². The van der Waals surface area contributed by atoms with Gasteiger partial charge in [0.2, 0.25) is 5.95 Å². The molecule has 1 atom stereocenters. The molecule has 1 saturated heterocycles. The third-order valence-corrected chi connectivity index (χ3v) is 5.87. The number of benzene rings is 1.